The van der Waals surface area contributed by atoms with Gasteiger partial charge in [-0.05, 0) is 37.8 Å². The Morgan fingerprint density at radius 1 is 1.22 bits per heavy atom. The van der Waals surface area contributed by atoms with Gasteiger partial charge in [0.2, 0.25) is 11.8 Å². The Balaban J connectivity index is 1.64. The van der Waals surface area contributed by atoms with E-state index in [2.05, 4.69) is 10.6 Å². The van der Waals surface area contributed by atoms with E-state index in [1.807, 2.05) is 0 Å². The van der Waals surface area contributed by atoms with E-state index in [9.17, 15) is 32.3 Å². The van der Waals surface area contributed by atoms with Gasteiger partial charge in [0.05, 0.1) is 12.0 Å². The van der Waals surface area contributed by atoms with Crippen LogP contribution in [0.4, 0.5) is 22.0 Å². The fraction of sp³-hybridized carbons (Fsp3) is 0.583. The monoisotopic (exact) mass is 549 g/mol. The summed E-state index contributed by atoms with van der Waals surface area (Å²) in [5.41, 5.74) is -0.768. The predicted molar refractivity (Wildman–Crippen MR) is 121 cm³/mol. The molecule has 0 spiro atoms. The highest BCUT2D eigenvalue weighted by Crippen LogP contribution is 2.50. The van der Waals surface area contributed by atoms with E-state index in [4.69, 9.17) is 11.6 Å². The Morgan fingerprint density at radius 2 is 1.95 bits per heavy atom. The SMILES string of the molecule is O=C1NCC[C@@H]1C[C@@H](NC(=O)[C@@H]1[C@H]2CC[C@H](CC2(F)F)N1C(=O)C(F)(F)c1cccc(Cl)c1)C(=O)CF. The maximum absolute atomic E-state index is 15.3. The molecule has 13 heteroatoms. The Bertz CT molecular complexity index is 1100. The number of fused-ring (bicyclic) bond motifs is 3. The first-order valence-corrected chi connectivity index (χ1v) is 12.3. The van der Waals surface area contributed by atoms with Crippen LogP contribution >= 0.6 is 11.6 Å². The maximum atomic E-state index is 15.3. The molecule has 1 aliphatic carbocycles. The molecule has 4 fully saturated rings. The summed E-state index contributed by atoms with van der Waals surface area (Å²) >= 11 is 5.79. The van der Waals surface area contributed by atoms with Crippen LogP contribution in [0.1, 0.15) is 37.7 Å². The number of rotatable bonds is 8. The fourth-order valence-electron chi connectivity index (χ4n) is 5.54. The molecule has 1 aromatic rings. The number of nitrogens with one attached hydrogen (secondary N) is 2. The Labute approximate surface area is 214 Å². The molecule has 3 amide bonds. The molecule has 2 N–H and O–H groups in total. The number of halogens is 6. The highest BCUT2D eigenvalue weighted by atomic mass is 35.5. The number of amides is 3. The van der Waals surface area contributed by atoms with Crippen LogP contribution in [0.25, 0.3) is 0 Å². The first-order valence-electron chi connectivity index (χ1n) is 11.9. The number of carbonyl (C=O) groups is 4. The van der Waals surface area contributed by atoms with Gasteiger partial charge in [-0.3, -0.25) is 19.2 Å². The minimum Gasteiger partial charge on any atom is -0.356 e. The van der Waals surface area contributed by atoms with Gasteiger partial charge in [-0.2, -0.15) is 8.78 Å². The second-order valence-electron chi connectivity index (χ2n) is 9.72. The third-order valence-corrected chi connectivity index (χ3v) is 7.65. The summed E-state index contributed by atoms with van der Waals surface area (Å²) in [5.74, 6) is -14.7. The van der Waals surface area contributed by atoms with E-state index in [0.29, 0.717) is 17.9 Å². The van der Waals surface area contributed by atoms with E-state index in [-0.39, 0.29) is 24.3 Å². The lowest BCUT2D eigenvalue weighted by Gasteiger charge is -2.54. The smallest absolute Gasteiger partial charge is 0.350 e. The zero-order chi connectivity index (χ0) is 27.1. The zero-order valence-corrected chi connectivity index (χ0v) is 20.2. The second-order valence-corrected chi connectivity index (χ2v) is 10.2. The molecule has 1 saturated carbocycles. The average molecular weight is 550 g/mol. The molecule has 37 heavy (non-hydrogen) atoms. The quantitative estimate of drug-likeness (QED) is 0.488. The van der Waals surface area contributed by atoms with Crippen molar-refractivity contribution in [3.63, 3.8) is 0 Å². The summed E-state index contributed by atoms with van der Waals surface area (Å²) in [7, 11) is 0. The maximum Gasteiger partial charge on any atom is 0.350 e. The average Bonchev–Trinajstić information content (AvgIpc) is 3.25. The van der Waals surface area contributed by atoms with Crippen LogP contribution < -0.4 is 10.6 Å². The normalized spacial score (nSPS) is 27.5. The van der Waals surface area contributed by atoms with Gasteiger partial charge in [0.1, 0.15) is 12.7 Å². The first-order chi connectivity index (χ1) is 17.4. The third kappa shape index (κ3) is 5.17. The summed E-state index contributed by atoms with van der Waals surface area (Å²) in [4.78, 5) is 51.1. The summed E-state index contributed by atoms with van der Waals surface area (Å²) < 4.78 is 73.6. The van der Waals surface area contributed by atoms with Gasteiger partial charge in [0.25, 0.3) is 11.8 Å². The molecule has 0 aromatic heterocycles. The van der Waals surface area contributed by atoms with Crippen LogP contribution in [0.3, 0.4) is 0 Å². The predicted octanol–water partition coefficient (Wildman–Crippen LogP) is 3.00. The summed E-state index contributed by atoms with van der Waals surface area (Å²) in [5, 5.41) is 4.65. The molecule has 5 rings (SSSR count). The van der Waals surface area contributed by atoms with Crippen molar-refractivity contribution in [2.75, 3.05) is 13.2 Å². The Hall–Kier alpha value is -2.76. The molecule has 2 bridgehead atoms. The van der Waals surface area contributed by atoms with Crippen molar-refractivity contribution in [3.8, 4) is 0 Å². The van der Waals surface area contributed by atoms with Crippen LogP contribution in [0.15, 0.2) is 24.3 Å². The lowest BCUT2D eigenvalue weighted by molar-refractivity contribution is -0.207. The van der Waals surface area contributed by atoms with Gasteiger partial charge in [-0.1, -0.05) is 23.7 Å². The van der Waals surface area contributed by atoms with Gasteiger partial charge in [0.15, 0.2) is 5.78 Å². The molecular weight excluding hydrogens is 525 g/mol. The standard InChI is InChI=1S/C24H25ClF5N3O4/c25-14-3-1-2-13(9-14)24(29,30)22(37)33-15-4-5-16(23(27,28)10-15)19(33)21(36)32-17(18(34)11-26)8-12-6-7-31-20(12)35/h1-3,9,12,15-17,19H,4-8,10-11H2,(H,31,35)(H,32,36)/t12-,15-,16-,17-,19+/m1/s1. The van der Waals surface area contributed by atoms with Gasteiger partial charge < -0.3 is 15.5 Å². The minimum atomic E-state index is -4.19. The van der Waals surface area contributed by atoms with Gasteiger partial charge in [-0.25, -0.2) is 13.2 Å². The van der Waals surface area contributed by atoms with E-state index in [1.54, 1.807) is 0 Å². The van der Waals surface area contributed by atoms with Crippen LogP contribution in [0.5, 0.6) is 0 Å². The molecule has 7 nitrogen and oxygen atoms in total. The van der Waals surface area contributed by atoms with Crippen molar-refractivity contribution in [1.29, 1.82) is 0 Å². The topological polar surface area (TPSA) is 95.6 Å². The van der Waals surface area contributed by atoms with Crippen LogP contribution in [-0.2, 0) is 25.1 Å². The molecule has 3 heterocycles. The molecule has 5 atom stereocenters. The van der Waals surface area contributed by atoms with Gasteiger partial charge in [0, 0.05) is 35.5 Å². The number of hydrogen-bond acceptors (Lipinski definition) is 4. The molecule has 0 radical (unpaired) electrons. The lowest BCUT2D eigenvalue weighted by atomic mass is 9.71. The molecule has 3 saturated heterocycles. The van der Waals surface area contributed by atoms with Crippen molar-refractivity contribution >= 4 is 35.1 Å². The summed E-state index contributed by atoms with van der Waals surface area (Å²) in [6, 6.07) is -0.585. The number of benzene rings is 1. The Morgan fingerprint density at radius 3 is 2.54 bits per heavy atom. The number of nitrogens with zero attached hydrogens (tertiary/aromatic N) is 1. The van der Waals surface area contributed by atoms with Gasteiger partial charge >= 0.3 is 5.92 Å². The highest BCUT2D eigenvalue weighted by molar-refractivity contribution is 6.30. The number of piperidine rings is 2. The zero-order valence-electron chi connectivity index (χ0n) is 19.5. The highest BCUT2D eigenvalue weighted by Gasteiger charge is 2.63. The number of Topliss-reactive ketones (excluding diaryl/α,β-unsaturated/α-hetero) is 1. The van der Waals surface area contributed by atoms with Crippen LogP contribution in [-0.4, -0.2) is 65.7 Å². The number of ketones is 1. The summed E-state index contributed by atoms with van der Waals surface area (Å²) in [6.07, 6.45) is -1.10. The number of alkyl halides is 5. The molecule has 0 unspecified atom stereocenters. The molecule has 3 aliphatic heterocycles. The molecule has 4 aliphatic rings. The molecular formula is C24H25ClF5N3O4. The van der Waals surface area contributed by atoms with E-state index >= 15 is 8.78 Å². The molecule has 1 aromatic carbocycles. The second kappa shape index (κ2) is 10.2. The van der Waals surface area contributed by atoms with Crippen molar-refractivity contribution < 1.29 is 41.1 Å². The van der Waals surface area contributed by atoms with E-state index < -0.39 is 84.0 Å². The van der Waals surface area contributed by atoms with Crippen LogP contribution in [0.2, 0.25) is 5.02 Å². The summed E-state index contributed by atoms with van der Waals surface area (Å²) in [6.45, 7) is -1.19. The fourth-order valence-corrected chi connectivity index (χ4v) is 5.73. The molecule has 202 valence electrons. The van der Waals surface area contributed by atoms with E-state index in [1.165, 1.54) is 12.1 Å². The minimum absolute atomic E-state index is 0.0174. The van der Waals surface area contributed by atoms with E-state index in [0.717, 1.165) is 12.1 Å². The largest absolute Gasteiger partial charge is 0.356 e. The Kier molecular flexibility index (Phi) is 7.51. The number of carbonyl (C=O) groups excluding carboxylic acids is 4. The number of hydrogen-bond donors (Lipinski definition) is 2. The van der Waals surface area contributed by atoms with Crippen LogP contribution in [0, 0.1) is 11.8 Å². The third-order valence-electron chi connectivity index (χ3n) is 7.41. The lowest BCUT2D eigenvalue weighted by Crippen LogP contribution is -2.70. The first kappa shape index (κ1) is 27.3. The van der Waals surface area contributed by atoms with Crippen molar-refractivity contribution in [1.82, 2.24) is 15.5 Å². The van der Waals surface area contributed by atoms with Crippen molar-refractivity contribution in [2.45, 2.75) is 62.1 Å². The van der Waals surface area contributed by atoms with Crippen molar-refractivity contribution in [3.05, 3.63) is 34.9 Å². The van der Waals surface area contributed by atoms with Gasteiger partial charge in [-0.15, -0.1) is 0 Å². The van der Waals surface area contributed by atoms with Crippen molar-refractivity contribution in [2.24, 2.45) is 11.8 Å².